The van der Waals surface area contributed by atoms with Crippen molar-refractivity contribution in [3.63, 3.8) is 0 Å². The van der Waals surface area contributed by atoms with Crippen molar-refractivity contribution in [2.24, 2.45) is 0 Å². The van der Waals surface area contributed by atoms with E-state index in [0.29, 0.717) is 30.6 Å². The summed E-state index contributed by atoms with van der Waals surface area (Å²) < 4.78 is 0. The number of rotatable bonds is 10. The van der Waals surface area contributed by atoms with Gasteiger partial charge < -0.3 is 15.7 Å². The average molecular weight is 395 g/mol. The lowest BCUT2D eigenvalue weighted by Gasteiger charge is -2.12. The van der Waals surface area contributed by atoms with Crippen LogP contribution in [-0.4, -0.2) is 22.9 Å². The molecule has 0 atom stereocenters. The Labute approximate surface area is 170 Å². The highest BCUT2D eigenvalue weighted by Crippen LogP contribution is 2.23. The first-order valence-electron chi connectivity index (χ1n) is 9.33. The van der Waals surface area contributed by atoms with Crippen molar-refractivity contribution in [2.45, 2.75) is 39.5 Å². The minimum atomic E-state index is -1.29. The molecule has 0 fully saturated rings. The Bertz CT molecular complexity index is 877. The highest BCUT2D eigenvalue weighted by atomic mass is 16.4. The van der Waals surface area contributed by atoms with Crippen LogP contribution in [0.4, 0.5) is 11.4 Å². The second-order valence-corrected chi connectivity index (χ2v) is 6.14. The van der Waals surface area contributed by atoms with Crippen molar-refractivity contribution in [3.05, 3.63) is 53.6 Å². The maximum Gasteiger partial charge on any atom is 0.346 e. The molecule has 1 aromatic carbocycles. The number of benzene rings is 1. The third-order valence-corrected chi connectivity index (χ3v) is 3.68. The molecule has 0 bridgehead atoms. The largest absolute Gasteiger partial charge is 0.477 e. The quantitative estimate of drug-likeness (QED) is 0.310. The van der Waals surface area contributed by atoms with E-state index in [2.05, 4.69) is 10.6 Å². The summed E-state index contributed by atoms with van der Waals surface area (Å²) in [5, 5.41) is 23.1. The van der Waals surface area contributed by atoms with Crippen molar-refractivity contribution in [2.75, 3.05) is 10.6 Å². The predicted octanol–water partition coefficient (Wildman–Crippen LogP) is 4.27. The number of nitrogens with one attached hydrogen (secondary N) is 2. The summed E-state index contributed by atoms with van der Waals surface area (Å²) in [6.45, 7) is 3.83. The Morgan fingerprint density at radius 3 is 2.28 bits per heavy atom. The molecule has 29 heavy (non-hydrogen) atoms. The second-order valence-electron chi connectivity index (χ2n) is 6.14. The van der Waals surface area contributed by atoms with Crippen LogP contribution >= 0.6 is 0 Å². The van der Waals surface area contributed by atoms with Gasteiger partial charge in [-0.25, -0.2) is 4.79 Å². The summed E-state index contributed by atoms with van der Waals surface area (Å²) in [5.41, 5.74) is 1.50. The summed E-state index contributed by atoms with van der Waals surface area (Å²) in [6.07, 6.45) is 9.86. The molecule has 0 heterocycles. The number of hydrogen-bond acceptors (Lipinski definition) is 4. The summed E-state index contributed by atoms with van der Waals surface area (Å²) in [4.78, 5) is 34.6. The molecule has 0 saturated carbocycles. The molecule has 0 radical (unpaired) electrons. The number of carbonyl (C=O) groups is 3. The molecular weight excluding hydrogens is 370 g/mol. The zero-order chi connectivity index (χ0) is 21.6. The maximum absolute atomic E-state index is 12.0. The normalized spacial score (nSPS) is 11.4. The lowest BCUT2D eigenvalue weighted by atomic mass is 10.1. The second kappa shape index (κ2) is 12.7. The monoisotopic (exact) mass is 395 g/mol. The molecule has 0 aliphatic carbocycles. The summed E-state index contributed by atoms with van der Waals surface area (Å²) in [6, 6.07) is 6.79. The van der Waals surface area contributed by atoms with Crippen molar-refractivity contribution < 1.29 is 19.5 Å². The molecule has 152 valence electrons. The zero-order valence-corrected chi connectivity index (χ0v) is 16.6. The Morgan fingerprint density at radius 2 is 1.69 bits per heavy atom. The van der Waals surface area contributed by atoms with E-state index in [0.717, 1.165) is 12.0 Å². The molecule has 1 rings (SSSR count). The number of amides is 2. The number of carbonyl (C=O) groups excluding carboxylic acids is 2. The Kier molecular flexibility index (Phi) is 10.2. The van der Waals surface area contributed by atoms with Crippen LogP contribution in [0.3, 0.4) is 0 Å². The highest BCUT2D eigenvalue weighted by Gasteiger charge is 2.08. The topological polar surface area (TPSA) is 119 Å². The van der Waals surface area contributed by atoms with Crippen LogP contribution in [0.1, 0.15) is 45.1 Å². The summed E-state index contributed by atoms with van der Waals surface area (Å²) in [7, 11) is 0. The van der Waals surface area contributed by atoms with Gasteiger partial charge in [0.2, 0.25) is 11.8 Å². The van der Waals surface area contributed by atoms with Gasteiger partial charge >= 0.3 is 5.97 Å². The van der Waals surface area contributed by atoms with Gasteiger partial charge in [-0.15, -0.1) is 0 Å². The number of aliphatic carboxylic acids is 1. The van der Waals surface area contributed by atoms with E-state index in [1.54, 1.807) is 42.5 Å². The minimum Gasteiger partial charge on any atom is -0.477 e. The van der Waals surface area contributed by atoms with Crippen molar-refractivity contribution in [1.82, 2.24) is 0 Å². The molecule has 0 spiro atoms. The number of nitrogens with zero attached hydrogens (tertiary/aromatic N) is 1. The van der Waals surface area contributed by atoms with Crippen LogP contribution in [0.25, 0.3) is 6.08 Å². The molecule has 7 nitrogen and oxygen atoms in total. The van der Waals surface area contributed by atoms with Gasteiger partial charge in [0.15, 0.2) is 0 Å². The Morgan fingerprint density at radius 1 is 1.03 bits per heavy atom. The molecule has 0 saturated heterocycles. The van der Waals surface area contributed by atoms with Gasteiger partial charge in [0.1, 0.15) is 11.6 Å². The van der Waals surface area contributed by atoms with E-state index in [4.69, 9.17) is 10.4 Å². The van der Waals surface area contributed by atoms with Crippen LogP contribution < -0.4 is 10.6 Å². The van der Waals surface area contributed by atoms with E-state index in [1.165, 1.54) is 12.2 Å². The molecular formula is C22H25N3O4. The Balaban J connectivity index is 3.04. The molecule has 0 aromatic heterocycles. The third-order valence-electron chi connectivity index (χ3n) is 3.68. The lowest BCUT2D eigenvalue weighted by Crippen LogP contribution is -2.13. The first-order valence-corrected chi connectivity index (χ1v) is 9.33. The molecule has 0 unspecified atom stereocenters. The molecule has 3 N–H and O–H groups in total. The van der Waals surface area contributed by atoms with Crippen LogP contribution in [-0.2, 0) is 14.4 Å². The lowest BCUT2D eigenvalue weighted by molar-refractivity contribution is -0.132. The van der Waals surface area contributed by atoms with E-state index in [9.17, 15) is 14.4 Å². The van der Waals surface area contributed by atoms with Gasteiger partial charge in [-0.05, 0) is 36.6 Å². The maximum atomic E-state index is 12.0. The van der Waals surface area contributed by atoms with Crippen molar-refractivity contribution in [3.8, 4) is 6.07 Å². The first-order chi connectivity index (χ1) is 13.9. The van der Waals surface area contributed by atoms with Gasteiger partial charge in [0.05, 0.1) is 5.69 Å². The number of allylic oxidation sites excluding steroid dienone is 4. The zero-order valence-electron chi connectivity index (χ0n) is 16.6. The van der Waals surface area contributed by atoms with Crippen LogP contribution in [0, 0.1) is 11.3 Å². The Hall–Kier alpha value is -3.66. The summed E-state index contributed by atoms with van der Waals surface area (Å²) >= 11 is 0. The van der Waals surface area contributed by atoms with Gasteiger partial charge in [-0.3, -0.25) is 9.59 Å². The van der Waals surface area contributed by atoms with Crippen molar-refractivity contribution >= 4 is 35.2 Å². The third kappa shape index (κ3) is 8.71. The average Bonchev–Trinajstić information content (AvgIpc) is 2.66. The van der Waals surface area contributed by atoms with E-state index in [1.807, 2.05) is 13.8 Å². The molecule has 2 amide bonds. The minimum absolute atomic E-state index is 0.0944. The van der Waals surface area contributed by atoms with Gasteiger partial charge in [-0.2, -0.15) is 5.26 Å². The van der Waals surface area contributed by atoms with Gasteiger partial charge in [-0.1, -0.05) is 44.2 Å². The van der Waals surface area contributed by atoms with Crippen LogP contribution in [0.15, 0.2) is 48.1 Å². The fourth-order valence-electron chi connectivity index (χ4n) is 2.31. The van der Waals surface area contributed by atoms with Gasteiger partial charge in [0.25, 0.3) is 0 Å². The SMILES string of the molecule is CCCC(=O)Nc1ccc(C=CC=CC=C(C#N)C(=O)O)c(NC(=O)CCC)c1. The van der Waals surface area contributed by atoms with Crippen LogP contribution in [0.5, 0.6) is 0 Å². The van der Waals surface area contributed by atoms with Crippen molar-refractivity contribution in [1.29, 1.82) is 5.26 Å². The number of hydrogen-bond donors (Lipinski definition) is 3. The predicted molar refractivity (Wildman–Crippen MR) is 113 cm³/mol. The standard InChI is InChI=1S/C22H25N3O4/c1-3-8-20(26)24-18-13-12-16(19(14-18)25-21(27)9-4-2)10-6-5-7-11-17(15-23)22(28)29/h5-7,10-14H,3-4,8-9H2,1-2H3,(H,24,26)(H,25,27)(H,28,29). The first kappa shape index (κ1) is 23.4. The fourth-order valence-corrected chi connectivity index (χ4v) is 2.31. The molecule has 7 heteroatoms. The van der Waals surface area contributed by atoms with E-state index >= 15 is 0 Å². The number of anilines is 2. The van der Waals surface area contributed by atoms with E-state index in [-0.39, 0.29) is 17.4 Å². The van der Waals surface area contributed by atoms with Gasteiger partial charge in [0, 0.05) is 18.5 Å². The summed E-state index contributed by atoms with van der Waals surface area (Å²) in [5.74, 6) is -1.51. The highest BCUT2D eigenvalue weighted by molar-refractivity contribution is 5.96. The number of carboxylic acid groups (broad SMARTS) is 1. The van der Waals surface area contributed by atoms with E-state index < -0.39 is 5.97 Å². The molecule has 0 aliphatic heterocycles. The molecule has 0 aliphatic rings. The fraction of sp³-hybridized carbons (Fsp3) is 0.273. The molecule has 1 aromatic rings. The smallest absolute Gasteiger partial charge is 0.346 e. The van der Waals surface area contributed by atoms with Crippen LogP contribution in [0.2, 0.25) is 0 Å². The number of carboxylic acids is 1. The number of nitriles is 1.